The molecule has 0 heteroatoms. The normalized spacial score (nSPS) is 16.2. The SMILES string of the molecule is CCCCCC1C(c2cccc3ccccc23)=Cc2ccccc21. The van der Waals surface area contributed by atoms with Gasteiger partial charge in [-0.25, -0.2) is 0 Å². The minimum atomic E-state index is 0.540. The van der Waals surface area contributed by atoms with Crippen LogP contribution in [-0.4, -0.2) is 0 Å². The Balaban J connectivity index is 1.80. The monoisotopic (exact) mass is 312 g/mol. The maximum Gasteiger partial charge on any atom is 0.0102 e. The second-order valence-corrected chi connectivity index (χ2v) is 6.80. The predicted molar refractivity (Wildman–Crippen MR) is 105 cm³/mol. The largest absolute Gasteiger partial charge is 0.0654 e. The second-order valence-electron chi connectivity index (χ2n) is 6.80. The molecule has 1 aliphatic carbocycles. The standard InChI is InChI=1S/C24H24/c1-2-3-4-15-22-21-14-8-6-11-19(21)17-24(22)23-16-9-12-18-10-5-7-13-20(18)23/h5-14,16-17,22H,2-4,15H2,1H3. The van der Waals surface area contributed by atoms with Gasteiger partial charge in [0.15, 0.2) is 0 Å². The molecule has 3 aromatic carbocycles. The van der Waals surface area contributed by atoms with Crippen molar-refractivity contribution in [3.63, 3.8) is 0 Å². The summed E-state index contributed by atoms with van der Waals surface area (Å²) in [6.45, 7) is 2.28. The first-order chi connectivity index (χ1) is 11.9. The molecular formula is C24H24. The summed E-state index contributed by atoms with van der Waals surface area (Å²) in [7, 11) is 0. The minimum absolute atomic E-state index is 0.540. The van der Waals surface area contributed by atoms with Crippen LogP contribution < -0.4 is 0 Å². The number of fused-ring (bicyclic) bond motifs is 2. The quantitative estimate of drug-likeness (QED) is 0.442. The summed E-state index contributed by atoms with van der Waals surface area (Å²) in [6.07, 6.45) is 7.58. The molecule has 0 heterocycles. The van der Waals surface area contributed by atoms with E-state index in [4.69, 9.17) is 0 Å². The van der Waals surface area contributed by atoms with Crippen molar-refractivity contribution >= 4 is 22.4 Å². The van der Waals surface area contributed by atoms with Crippen molar-refractivity contribution in [1.29, 1.82) is 0 Å². The molecule has 4 rings (SSSR count). The lowest BCUT2D eigenvalue weighted by atomic mass is 9.85. The van der Waals surface area contributed by atoms with E-state index in [1.807, 2.05) is 0 Å². The maximum atomic E-state index is 2.42. The van der Waals surface area contributed by atoms with Crippen LogP contribution in [0.4, 0.5) is 0 Å². The highest BCUT2D eigenvalue weighted by Gasteiger charge is 2.26. The molecular weight excluding hydrogens is 288 g/mol. The van der Waals surface area contributed by atoms with Crippen LogP contribution in [0, 0.1) is 0 Å². The first-order valence-corrected chi connectivity index (χ1v) is 9.17. The van der Waals surface area contributed by atoms with Crippen molar-refractivity contribution in [1.82, 2.24) is 0 Å². The van der Waals surface area contributed by atoms with Gasteiger partial charge in [-0.15, -0.1) is 0 Å². The van der Waals surface area contributed by atoms with Crippen molar-refractivity contribution in [3.05, 3.63) is 83.4 Å². The van der Waals surface area contributed by atoms with Gasteiger partial charge in [-0.05, 0) is 39.5 Å². The van der Waals surface area contributed by atoms with Gasteiger partial charge in [0.1, 0.15) is 0 Å². The van der Waals surface area contributed by atoms with Crippen molar-refractivity contribution in [2.45, 2.75) is 38.5 Å². The highest BCUT2D eigenvalue weighted by Crippen LogP contribution is 2.46. The number of benzene rings is 3. The molecule has 24 heavy (non-hydrogen) atoms. The molecule has 0 radical (unpaired) electrons. The van der Waals surface area contributed by atoms with Crippen LogP contribution in [0.15, 0.2) is 66.7 Å². The van der Waals surface area contributed by atoms with E-state index in [0.717, 1.165) is 0 Å². The summed E-state index contributed by atoms with van der Waals surface area (Å²) in [4.78, 5) is 0. The minimum Gasteiger partial charge on any atom is -0.0654 e. The van der Waals surface area contributed by atoms with E-state index in [9.17, 15) is 0 Å². The zero-order valence-corrected chi connectivity index (χ0v) is 14.3. The van der Waals surface area contributed by atoms with Gasteiger partial charge < -0.3 is 0 Å². The Bertz CT molecular complexity index is 880. The molecule has 0 N–H and O–H groups in total. The molecule has 1 unspecified atom stereocenters. The summed E-state index contributed by atoms with van der Waals surface area (Å²) >= 11 is 0. The molecule has 120 valence electrons. The van der Waals surface area contributed by atoms with E-state index in [2.05, 4.69) is 79.7 Å². The summed E-state index contributed by atoms with van der Waals surface area (Å²) in [5.41, 5.74) is 5.83. The summed E-state index contributed by atoms with van der Waals surface area (Å²) in [5.74, 6) is 0.540. The van der Waals surface area contributed by atoms with Gasteiger partial charge in [-0.1, -0.05) is 99.0 Å². The molecule has 3 aromatic rings. The van der Waals surface area contributed by atoms with Crippen molar-refractivity contribution in [3.8, 4) is 0 Å². The second kappa shape index (κ2) is 6.65. The number of hydrogen-bond acceptors (Lipinski definition) is 0. The first kappa shape index (κ1) is 15.2. The van der Waals surface area contributed by atoms with E-state index in [-0.39, 0.29) is 0 Å². The third-order valence-electron chi connectivity index (χ3n) is 5.25. The topological polar surface area (TPSA) is 0 Å². The lowest BCUT2D eigenvalue weighted by Crippen LogP contribution is -1.99. The van der Waals surface area contributed by atoms with Crippen molar-refractivity contribution in [2.75, 3.05) is 0 Å². The Hall–Kier alpha value is -2.34. The third kappa shape index (κ3) is 2.67. The summed E-state index contributed by atoms with van der Waals surface area (Å²) < 4.78 is 0. The molecule has 0 fully saturated rings. The fraction of sp³-hybridized carbons (Fsp3) is 0.250. The Morgan fingerprint density at radius 3 is 2.50 bits per heavy atom. The number of rotatable bonds is 5. The van der Waals surface area contributed by atoms with Crippen LogP contribution in [0.25, 0.3) is 22.4 Å². The lowest BCUT2D eigenvalue weighted by Gasteiger charge is -2.18. The van der Waals surface area contributed by atoms with E-state index < -0.39 is 0 Å². The zero-order chi connectivity index (χ0) is 16.4. The van der Waals surface area contributed by atoms with Crippen LogP contribution >= 0.6 is 0 Å². The van der Waals surface area contributed by atoms with Gasteiger partial charge in [0.05, 0.1) is 0 Å². The Morgan fingerprint density at radius 2 is 1.58 bits per heavy atom. The molecule has 0 saturated carbocycles. The van der Waals surface area contributed by atoms with Gasteiger partial charge in [0.2, 0.25) is 0 Å². The van der Waals surface area contributed by atoms with Gasteiger partial charge in [-0.3, -0.25) is 0 Å². The lowest BCUT2D eigenvalue weighted by molar-refractivity contribution is 0.639. The van der Waals surface area contributed by atoms with Crippen LogP contribution in [0.2, 0.25) is 0 Å². The molecule has 0 amide bonds. The highest BCUT2D eigenvalue weighted by molar-refractivity contribution is 6.01. The van der Waals surface area contributed by atoms with Crippen molar-refractivity contribution < 1.29 is 0 Å². The smallest absolute Gasteiger partial charge is 0.0102 e. The molecule has 1 aliphatic rings. The fourth-order valence-electron chi connectivity index (χ4n) is 4.05. The average molecular weight is 312 g/mol. The van der Waals surface area contributed by atoms with Gasteiger partial charge in [-0.2, -0.15) is 0 Å². The van der Waals surface area contributed by atoms with Crippen LogP contribution in [-0.2, 0) is 0 Å². The summed E-state index contributed by atoms with van der Waals surface area (Å²) in [5, 5.41) is 2.71. The zero-order valence-electron chi connectivity index (χ0n) is 14.3. The summed E-state index contributed by atoms with van der Waals surface area (Å²) in [6, 6.07) is 24.4. The molecule has 0 saturated heterocycles. The first-order valence-electron chi connectivity index (χ1n) is 9.17. The Labute approximate surface area is 144 Å². The predicted octanol–water partition coefficient (Wildman–Crippen LogP) is 7.06. The molecule has 0 spiro atoms. The highest BCUT2D eigenvalue weighted by atomic mass is 14.3. The van der Waals surface area contributed by atoms with Gasteiger partial charge in [0.25, 0.3) is 0 Å². The molecule has 0 bridgehead atoms. The Kier molecular flexibility index (Phi) is 4.21. The van der Waals surface area contributed by atoms with E-state index in [1.165, 1.54) is 58.7 Å². The maximum absolute atomic E-state index is 2.42. The van der Waals surface area contributed by atoms with E-state index in [1.54, 1.807) is 0 Å². The van der Waals surface area contributed by atoms with Crippen LogP contribution in [0.5, 0.6) is 0 Å². The molecule has 0 nitrogen and oxygen atoms in total. The van der Waals surface area contributed by atoms with Gasteiger partial charge in [0, 0.05) is 5.92 Å². The molecule has 1 atom stereocenters. The van der Waals surface area contributed by atoms with Crippen LogP contribution in [0.1, 0.15) is 55.2 Å². The third-order valence-corrected chi connectivity index (χ3v) is 5.25. The van der Waals surface area contributed by atoms with Gasteiger partial charge >= 0.3 is 0 Å². The average Bonchev–Trinajstić information content (AvgIpc) is 3.00. The van der Waals surface area contributed by atoms with Crippen LogP contribution in [0.3, 0.4) is 0 Å². The van der Waals surface area contributed by atoms with E-state index >= 15 is 0 Å². The number of unbranched alkanes of at least 4 members (excludes halogenated alkanes) is 2. The molecule has 0 aliphatic heterocycles. The number of hydrogen-bond donors (Lipinski definition) is 0. The molecule has 0 aromatic heterocycles. The Morgan fingerprint density at radius 1 is 0.792 bits per heavy atom. The number of allylic oxidation sites excluding steroid dienone is 1. The van der Waals surface area contributed by atoms with Crippen molar-refractivity contribution in [2.24, 2.45) is 0 Å². The fourth-order valence-corrected chi connectivity index (χ4v) is 4.05. The van der Waals surface area contributed by atoms with E-state index in [0.29, 0.717) is 5.92 Å².